The van der Waals surface area contributed by atoms with Crippen LogP contribution in [0.5, 0.6) is 0 Å². The topological polar surface area (TPSA) is 82.1 Å². The molecule has 0 radical (unpaired) electrons. The molecular weight excluding hydrogens is 443 g/mol. The Morgan fingerprint density at radius 2 is 1.61 bits per heavy atom. The van der Waals surface area contributed by atoms with Gasteiger partial charge in [-0.15, -0.1) is 0 Å². The van der Waals surface area contributed by atoms with Crippen molar-refractivity contribution in [3.63, 3.8) is 0 Å². The molecule has 172 valence electrons. The molecule has 0 atom stereocenters. The number of amides is 1. The number of nitrogens with one attached hydrogen (secondary N) is 1. The highest BCUT2D eigenvalue weighted by atomic mass is 32.2. The van der Waals surface area contributed by atoms with Crippen LogP contribution in [0.2, 0.25) is 0 Å². The Kier molecular flexibility index (Phi) is 7.92. The summed E-state index contributed by atoms with van der Waals surface area (Å²) < 4.78 is 40.6. The first kappa shape index (κ1) is 24.1. The Morgan fingerprint density at radius 3 is 2.21 bits per heavy atom. The van der Waals surface area contributed by atoms with E-state index in [2.05, 4.69) is 10.5 Å². The molecule has 1 amide bonds. The number of carbonyl (C=O) groups is 1. The van der Waals surface area contributed by atoms with Gasteiger partial charge >= 0.3 is 0 Å². The summed E-state index contributed by atoms with van der Waals surface area (Å²) in [4.78, 5) is 14.5. The zero-order chi connectivity index (χ0) is 23.8. The summed E-state index contributed by atoms with van der Waals surface area (Å²) in [5, 5.41) is 3.93. The van der Waals surface area contributed by atoms with Crippen molar-refractivity contribution in [1.82, 2.24) is 9.73 Å². The van der Waals surface area contributed by atoms with Crippen LogP contribution < -0.4 is 10.3 Å². The molecule has 0 aliphatic rings. The van der Waals surface area contributed by atoms with Crippen LogP contribution in [0.25, 0.3) is 0 Å². The summed E-state index contributed by atoms with van der Waals surface area (Å²) in [6.07, 6.45) is 1.48. The molecule has 0 unspecified atom stereocenters. The van der Waals surface area contributed by atoms with Crippen molar-refractivity contribution in [3.05, 3.63) is 95.8 Å². The van der Waals surface area contributed by atoms with Gasteiger partial charge in [0.15, 0.2) is 0 Å². The quantitative estimate of drug-likeness (QED) is 0.386. The molecule has 9 heteroatoms. The predicted molar refractivity (Wildman–Crippen MR) is 127 cm³/mol. The number of hydrogen-bond acceptors (Lipinski definition) is 5. The number of rotatable bonds is 9. The fraction of sp³-hybridized carbons (Fsp3) is 0.167. The van der Waals surface area contributed by atoms with Gasteiger partial charge in [-0.05, 0) is 47.5 Å². The SMILES string of the molecule is CN(C)c1ccc(/C=N\NC(=O)CN(Cc2ccc(F)cc2)S(=O)(=O)c2ccccc2)cc1. The average molecular weight is 469 g/mol. The molecular formula is C24H25FN4O3S. The lowest BCUT2D eigenvalue weighted by molar-refractivity contribution is -0.121. The number of nitrogens with zero attached hydrogens (tertiary/aromatic N) is 3. The summed E-state index contributed by atoms with van der Waals surface area (Å²) in [6.45, 7) is -0.549. The highest BCUT2D eigenvalue weighted by Crippen LogP contribution is 2.18. The molecule has 3 aromatic carbocycles. The highest BCUT2D eigenvalue weighted by Gasteiger charge is 2.26. The molecule has 33 heavy (non-hydrogen) atoms. The van der Waals surface area contributed by atoms with Crippen LogP contribution in [0.1, 0.15) is 11.1 Å². The van der Waals surface area contributed by atoms with E-state index in [4.69, 9.17) is 0 Å². The standard InChI is InChI=1S/C24H25FN4O3S/c1-28(2)22-14-10-19(11-15-22)16-26-27-24(30)18-29(17-20-8-12-21(25)13-9-20)33(31,32)23-6-4-3-5-7-23/h3-16H,17-18H2,1-2H3,(H,27,30)/b26-16-. The first-order chi connectivity index (χ1) is 15.8. The number of hydrogen-bond donors (Lipinski definition) is 1. The van der Waals surface area contributed by atoms with Gasteiger partial charge in [-0.1, -0.05) is 42.5 Å². The second-order valence-electron chi connectivity index (χ2n) is 7.49. The minimum absolute atomic E-state index is 0.0596. The van der Waals surface area contributed by atoms with E-state index in [1.807, 2.05) is 43.3 Å². The lowest BCUT2D eigenvalue weighted by Crippen LogP contribution is -2.39. The lowest BCUT2D eigenvalue weighted by Gasteiger charge is -2.21. The zero-order valence-electron chi connectivity index (χ0n) is 18.3. The molecule has 0 saturated carbocycles. The van der Waals surface area contributed by atoms with Crippen LogP contribution in [-0.2, 0) is 21.4 Å². The Hall–Kier alpha value is -3.56. The minimum Gasteiger partial charge on any atom is -0.378 e. The van der Waals surface area contributed by atoms with Crippen molar-refractivity contribution in [2.75, 3.05) is 25.5 Å². The van der Waals surface area contributed by atoms with Crippen LogP contribution in [0.15, 0.2) is 88.9 Å². The monoisotopic (exact) mass is 468 g/mol. The van der Waals surface area contributed by atoms with Crippen molar-refractivity contribution < 1.29 is 17.6 Å². The molecule has 0 bridgehead atoms. The molecule has 3 aromatic rings. The smallest absolute Gasteiger partial charge is 0.255 e. The molecule has 0 aromatic heterocycles. The zero-order valence-corrected chi connectivity index (χ0v) is 19.2. The summed E-state index contributed by atoms with van der Waals surface area (Å²) in [6, 6.07) is 20.8. The molecule has 0 saturated heterocycles. The van der Waals surface area contributed by atoms with E-state index in [9.17, 15) is 17.6 Å². The fourth-order valence-electron chi connectivity index (χ4n) is 2.99. The van der Waals surface area contributed by atoms with E-state index in [-0.39, 0.29) is 11.4 Å². The maximum Gasteiger partial charge on any atom is 0.255 e. The van der Waals surface area contributed by atoms with Gasteiger partial charge in [0, 0.05) is 26.3 Å². The normalized spacial score (nSPS) is 11.6. The van der Waals surface area contributed by atoms with Crippen LogP contribution >= 0.6 is 0 Å². The summed E-state index contributed by atoms with van der Waals surface area (Å²) in [5.41, 5.74) is 4.73. The van der Waals surface area contributed by atoms with E-state index in [0.29, 0.717) is 5.56 Å². The predicted octanol–water partition coefficient (Wildman–Crippen LogP) is 3.23. The van der Waals surface area contributed by atoms with E-state index < -0.39 is 28.3 Å². The van der Waals surface area contributed by atoms with E-state index in [0.717, 1.165) is 15.6 Å². The molecule has 0 spiro atoms. The van der Waals surface area contributed by atoms with Gasteiger partial charge in [0.25, 0.3) is 5.91 Å². The molecule has 3 rings (SSSR count). The van der Waals surface area contributed by atoms with Gasteiger partial charge in [-0.3, -0.25) is 4.79 Å². The highest BCUT2D eigenvalue weighted by molar-refractivity contribution is 7.89. The number of benzene rings is 3. The molecule has 0 aliphatic heterocycles. The van der Waals surface area contributed by atoms with Crippen molar-refractivity contribution in [3.8, 4) is 0 Å². The Bertz CT molecular complexity index is 1200. The second kappa shape index (κ2) is 10.8. The van der Waals surface area contributed by atoms with Crippen molar-refractivity contribution >= 4 is 27.8 Å². The average Bonchev–Trinajstić information content (AvgIpc) is 2.81. The van der Waals surface area contributed by atoms with Crippen LogP contribution in [0.3, 0.4) is 0 Å². The number of carbonyl (C=O) groups excluding carboxylic acids is 1. The van der Waals surface area contributed by atoms with E-state index in [1.54, 1.807) is 18.2 Å². The van der Waals surface area contributed by atoms with Gasteiger partial charge in [0.1, 0.15) is 5.82 Å². The maximum absolute atomic E-state index is 13.3. The Labute approximate surface area is 193 Å². The number of hydrazone groups is 1. The van der Waals surface area contributed by atoms with Crippen LogP contribution in [0, 0.1) is 5.82 Å². The Morgan fingerprint density at radius 1 is 0.970 bits per heavy atom. The Balaban J connectivity index is 1.73. The van der Waals surface area contributed by atoms with E-state index in [1.165, 1.54) is 42.6 Å². The molecule has 1 N–H and O–H groups in total. The third-order valence-corrected chi connectivity index (χ3v) is 6.59. The van der Waals surface area contributed by atoms with Crippen molar-refractivity contribution in [2.45, 2.75) is 11.4 Å². The third-order valence-electron chi connectivity index (χ3n) is 4.79. The summed E-state index contributed by atoms with van der Waals surface area (Å²) >= 11 is 0. The lowest BCUT2D eigenvalue weighted by atomic mass is 10.2. The molecule has 0 heterocycles. The second-order valence-corrected chi connectivity index (χ2v) is 9.43. The van der Waals surface area contributed by atoms with E-state index >= 15 is 0 Å². The molecule has 0 aliphatic carbocycles. The number of anilines is 1. The van der Waals surface area contributed by atoms with Gasteiger partial charge < -0.3 is 4.90 Å². The number of halogens is 1. The summed E-state index contributed by atoms with van der Waals surface area (Å²) in [7, 11) is -0.102. The maximum atomic E-state index is 13.3. The molecule has 7 nitrogen and oxygen atoms in total. The molecule has 0 fully saturated rings. The largest absolute Gasteiger partial charge is 0.378 e. The van der Waals surface area contributed by atoms with Crippen LogP contribution in [-0.4, -0.2) is 45.5 Å². The summed E-state index contributed by atoms with van der Waals surface area (Å²) in [5.74, 6) is -1.03. The third kappa shape index (κ3) is 6.71. The van der Waals surface area contributed by atoms with Crippen molar-refractivity contribution in [1.29, 1.82) is 0 Å². The van der Waals surface area contributed by atoms with Crippen LogP contribution in [0.4, 0.5) is 10.1 Å². The number of sulfonamides is 1. The first-order valence-corrected chi connectivity index (χ1v) is 11.6. The van der Waals surface area contributed by atoms with Gasteiger partial charge in [-0.25, -0.2) is 18.2 Å². The van der Waals surface area contributed by atoms with Gasteiger partial charge in [0.05, 0.1) is 17.7 Å². The van der Waals surface area contributed by atoms with Crippen molar-refractivity contribution in [2.24, 2.45) is 5.10 Å². The minimum atomic E-state index is -3.97. The fourth-order valence-corrected chi connectivity index (χ4v) is 4.40. The van der Waals surface area contributed by atoms with Gasteiger partial charge in [0.2, 0.25) is 10.0 Å². The van der Waals surface area contributed by atoms with Gasteiger partial charge in [-0.2, -0.15) is 9.41 Å². The first-order valence-electron chi connectivity index (χ1n) is 10.1.